The van der Waals surface area contributed by atoms with Crippen LogP contribution in [0.15, 0.2) is 0 Å². The number of hydrogen-bond acceptors (Lipinski definition) is 3. The molecule has 1 heterocycles. The van der Waals surface area contributed by atoms with Crippen LogP contribution in [-0.2, 0) is 9.59 Å². The summed E-state index contributed by atoms with van der Waals surface area (Å²) >= 11 is 0. The zero-order valence-electron chi connectivity index (χ0n) is 11.5. The summed E-state index contributed by atoms with van der Waals surface area (Å²) in [5.74, 6) is -0.0663. The number of piperidine rings is 1. The number of hydrogen-bond donors (Lipinski definition) is 2. The molecule has 0 unspecified atom stereocenters. The fourth-order valence-corrected chi connectivity index (χ4v) is 3.42. The van der Waals surface area contributed by atoms with Crippen LogP contribution in [0.1, 0.15) is 51.4 Å². The highest BCUT2D eigenvalue weighted by atomic mass is 16.2. The van der Waals surface area contributed by atoms with Crippen molar-refractivity contribution in [2.45, 2.75) is 63.5 Å². The van der Waals surface area contributed by atoms with Gasteiger partial charge >= 0.3 is 0 Å². The minimum Gasteiger partial charge on any atom is -0.370 e. The SMILES string of the molecule is NC(=O)C[C@@H]1CCCCN1C(=O)[C@H]1CCC[C@@H](N)C1. The number of likely N-dealkylation sites (tertiary alicyclic amines) is 1. The molecule has 1 aliphatic heterocycles. The van der Waals surface area contributed by atoms with E-state index < -0.39 is 0 Å². The highest BCUT2D eigenvalue weighted by Crippen LogP contribution is 2.28. The second-order valence-corrected chi connectivity index (χ2v) is 5.98. The zero-order chi connectivity index (χ0) is 13.8. The van der Waals surface area contributed by atoms with Gasteiger partial charge in [-0.1, -0.05) is 6.42 Å². The fourth-order valence-electron chi connectivity index (χ4n) is 3.42. The van der Waals surface area contributed by atoms with E-state index in [-0.39, 0.29) is 29.8 Å². The first-order valence-electron chi connectivity index (χ1n) is 7.42. The van der Waals surface area contributed by atoms with Gasteiger partial charge in [0.15, 0.2) is 0 Å². The average Bonchev–Trinajstić information content (AvgIpc) is 2.38. The number of nitrogens with zero attached hydrogens (tertiary/aromatic N) is 1. The van der Waals surface area contributed by atoms with Crippen molar-refractivity contribution < 1.29 is 9.59 Å². The van der Waals surface area contributed by atoms with Crippen LogP contribution >= 0.6 is 0 Å². The van der Waals surface area contributed by atoms with Gasteiger partial charge in [0.2, 0.25) is 11.8 Å². The summed E-state index contributed by atoms with van der Waals surface area (Å²) in [6.45, 7) is 0.766. The van der Waals surface area contributed by atoms with Crippen molar-refractivity contribution in [3.8, 4) is 0 Å². The summed E-state index contributed by atoms with van der Waals surface area (Å²) in [5.41, 5.74) is 11.3. The minimum absolute atomic E-state index is 0.0110. The Labute approximate surface area is 114 Å². The molecule has 0 spiro atoms. The molecule has 0 radical (unpaired) electrons. The lowest BCUT2D eigenvalue weighted by Gasteiger charge is -2.39. The first-order valence-corrected chi connectivity index (χ1v) is 7.42. The molecule has 108 valence electrons. The standard InChI is InChI=1S/C14H25N3O2/c15-11-5-3-4-10(8-11)14(19)17-7-2-1-6-12(17)9-13(16)18/h10-12H,1-9,15H2,(H2,16,18)/t10-,11+,12-/m0/s1. The summed E-state index contributed by atoms with van der Waals surface area (Å²) in [7, 11) is 0. The van der Waals surface area contributed by atoms with E-state index in [1.165, 1.54) is 0 Å². The second kappa shape index (κ2) is 6.37. The van der Waals surface area contributed by atoms with E-state index in [1.807, 2.05) is 4.90 Å². The lowest BCUT2D eigenvalue weighted by Crippen LogP contribution is -2.49. The number of amides is 2. The lowest BCUT2D eigenvalue weighted by molar-refractivity contribution is -0.141. The quantitative estimate of drug-likeness (QED) is 0.791. The smallest absolute Gasteiger partial charge is 0.226 e. The second-order valence-electron chi connectivity index (χ2n) is 5.98. The Morgan fingerprint density at radius 2 is 1.89 bits per heavy atom. The van der Waals surface area contributed by atoms with E-state index >= 15 is 0 Å². The van der Waals surface area contributed by atoms with Crippen LogP contribution in [0.25, 0.3) is 0 Å². The van der Waals surface area contributed by atoms with Crippen LogP contribution in [0.3, 0.4) is 0 Å². The van der Waals surface area contributed by atoms with Crippen molar-refractivity contribution in [3.05, 3.63) is 0 Å². The Hall–Kier alpha value is -1.10. The molecule has 5 heteroatoms. The summed E-state index contributed by atoms with van der Waals surface area (Å²) < 4.78 is 0. The van der Waals surface area contributed by atoms with Crippen LogP contribution in [0.4, 0.5) is 0 Å². The molecule has 3 atom stereocenters. The maximum absolute atomic E-state index is 12.6. The maximum atomic E-state index is 12.6. The molecule has 0 aromatic heterocycles. The Kier molecular flexibility index (Phi) is 4.80. The Morgan fingerprint density at radius 1 is 1.11 bits per heavy atom. The Bertz CT molecular complexity index is 346. The van der Waals surface area contributed by atoms with Crippen LogP contribution < -0.4 is 11.5 Å². The molecule has 19 heavy (non-hydrogen) atoms. The predicted molar refractivity (Wildman–Crippen MR) is 73.1 cm³/mol. The molecule has 0 bridgehead atoms. The molecule has 5 nitrogen and oxygen atoms in total. The molecule has 4 N–H and O–H groups in total. The molecule has 1 saturated carbocycles. The van der Waals surface area contributed by atoms with Gasteiger partial charge in [-0.25, -0.2) is 0 Å². The molecule has 0 aromatic rings. The van der Waals surface area contributed by atoms with E-state index in [4.69, 9.17) is 11.5 Å². The molecule has 2 amide bonds. The summed E-state index contributed by atoms with van der Waals surface area (Å²) in [6, 6.07) is 0.166. The molecule has 1 saturated heterocycles. The molecular formula is C14H25N3O2. The predicted octanol–water partition coefficient (Wildman–Crippen LogP) is 0.760. The third-order valence-corrected chi connectivity index (χ3v) is 4.41. The van der Waals surface area contributed by atoms with E-state index in [1.54, 1.807) is 0 Å². The molecular weight excluding hydrogens is 242 g/mol. The molecule has 2 aliphatic rings. The van der Waals surface area contributed by atoms with Gasteiger partial charge in [-0.15, -0.1) is 0 Å². The van der Waals surface area contributed by atoms with Crippen molar-refractivity contribution in [2.24, 2.45) is 17.4 Å². The van der Waals surface area contributed by atoms with Crippen LogP contribution in [-0.4, -0.2) is 35.3 Å². The number of carbonyl (C=O) groups excluding carboxylic acids is 2. The number of carbonyl (C=O) groups is 2. The van der Waals surface area contributed by atoms with Crippen molar-refractivity contribution in [2.75, 3.05) is 6.54 Å². The first kappa shape index (κ1) is 14.3. The average molecular weight is 267 g/mol. The van der Waals surface area contributed by atoms with Gasteiger partial charge in [-0.3, -0.25) is 9.59 Å². The molecule has 1 aliphatic carbocycles. The normalized spacial score (nSPS) is 32.1. The van der Waals surface area contributed by atoms with Gasteiger partial charge in [-0.2, -0.15) is 0 Å². The monoisotopic (exact) mass is 267 g/mol. The highest BCUT2D eigenvalue weighted by Gasteiger charge is 2.34. The minimum atomic E-state index is -0.315. The van der Waals surface area contributed by atoms with Crippen LogP contribution in [0.5, 0.6) is 0 Å². The van der Waals surface area contributed by atoms with Crippen LogP contribution in [0.2, 0.25) is 0 Å². The summed E-state index contributed by atoms with van der Waals surface area (Å²) in [6.07, 6.45) is 7.08. The lowest BCUT2D eigenvalue weighted by atomic mass is 9.84. The zero-order valence-corrected chi connectivity index (χ0v) is 11.5. The first-order chi connectivity index (χ1) is 9.08. The van der Waals surface area contributed by atoms with Crippen LogP contribution in [0, 0.1) is 5.92 Å². The number of primary amides is 1. The highest BCUT2D eigenvalue weighted by molar-refractivity contribution is 5.81. The van der Waals surface area contributed by atoms with Crippen molar-refractivity contribution in [1.82, 2.24) is 4.90 Å². The van der Waals surface area contributed by atoms with E-state index in [9.17, 15) is 9.59 Å². The Morgan fingerprint density at radius 3 is 2.58 bits per heavy atom. The van der Waals surface area contributed by atoms with Crippen molar-refractivity contribution in [3.63, 3.8) is 0 Å². The number of rotatable bonds is 3. The topological polar surface area (TPSA) is 89.4 Å². The number of nitrogens with two attached hydrogens (primary N) is 2. The van der Waals surface area contributed by atoms with Crippen molar-refractivity contribution in [1.29, 1.82) is 0 Å². The fraction of sp³-hybridized carbons (Fsp3) is 0.857. The van der Waals surface area contributed by atoms with Crippen molar-refractivity contribution >= 4 is 11.8 Å². The summed E-state index contributed by atoms with van der Waals surface area (Å²) in [4.78, 5) is 25.6. The molecule has 2 rings (SSSR count). The van der Waals surface area contributed by atoms with Gasteiger partial charge in [0.25, 0.3) is 0 Å². The summed E-state index contributed by atoms with van der Waals surface area (Å²) in [5, 5.41) is 0. The van der Waals surface area contributed by atoms with Gasteiger partial charge in [0.1, 0.15) is 0 Å². The van der Waals surface area contributed by atoms with Gasteiger partial charge in [0.05, 0.1) is 0 Å². The van der Waals surface area contributed by atoms with Gasteiger partial charge < -0.3 is 16.4 Å². The third kappa shape index (κ3) is 3.69. The van der Waals surface area contributed by atoms with Gasteiger partial charge in [-0.05, 0) is 38.5 Å². The van der Waals surface area contributed by atoms with E-state index in [2.05, 4.69) is 0 Å². The Balaban J connectivity index is 2.00. The van der Waals surface area contributed by atoms with Gasteiger partial charge in [0, 0.05) is 31.0 Å². The molecule has 0 aromatic carbocycles. The van der Waals surface area contributed by atoms with E-state index in [0.717, 1.165) is 51.5 Å². The largest absolute Gasteiger partial charge is 0.370 e. The van der Waals surface area contributed by atoms with E-state index in [0.29, 0.717) is 6.42 Å². The maximum Gasteiger partial charge on any atom is 0.226 e. The third-order valence-electron chi connectivity index (χ3n) is 4.41. The molecule has 2 fully saturated rings.